The fourth-order valence-corrected chi connectivity index (χ4v) is 4.43. The summed E-state index contributed by atoms with van der Waals surface area (Å²) in [6, 6.07) is 14.8. The van der Waals surface area contributed by atoms with Crippen molar-refractivity contribution in [2.75, 3.05) is 16.0 Å². The number of carbonyl (C=O) groups is 2. The van der Waals surface area contributed by atoms with E-state index in [4.69, 9.17) is 4.42 Å². The van der Waals surface area contributed by atoms with Gasteiger partial charge < -0.3 is 14.5 Å². The molecule has 7 nitrogen and oxygen atoms in total. The SMILES string of the molecule is CCc1cccc(C)c1NC(=O)CSC1=N/C(=C/c2ccco2)C(=O)N1c1ccc(OC(F)F)cc1. The Hall–Kier alpha value is -3.92. The molecule has 0 fully saturated rings. The number of nitrogens with zero attached hydrogens (tertiary/aromatic N) is 2. The minimum atomic E-state index is -2.96. The van der Waals surface area contributed by atoms with E-state index in [-0.39, 0.29) is 28.3 Å². The number of thioether (sulfide) groups is 1. The lowest BCUT2D eigenvalue weighted by Gasteiger charge is -2.18. The van der Waals surface area contributed by atoms with Gasteiger partial charge in [0, 0.05) is 11.8 Å². The third kappa shape index (κ3) is 5.83. The highest BCUT2D eigenvalue weighted by molar-refractivity contribution is 8.14. The quantitative estimate of drug-likeness (QED) is 0.383. The molecule has 0 bridgehead atoms. The van der Waals surface area contributed by atoms with E-state index in [0.29, 0.717) is 11.4 Å². The highest BCUT2D eigenvalue weighted by atomic mass is 32.2. The Bertz CT molecular complexity index is 1310. The Morgan fingerprint density at radius 1 is 1.19 bits per heavy atom. The van der Waals surface area contributed by atoms with E-state index in [0.717, 1.165) is 35.0 Å². The number of hydrogen-bond acceptors (Lipinski definition) is 6. The number of para-hydroxylation sites is 1. The highest BCUT2D eigenvalue weighted by Gasteiger charge is 2.32. The van der Waals surface area contributed by atoms with Crippen molar-refractivity contribution in [1.82, 2.24) is 0 Å². The zero-order valence-electron chi connectivity index (χ0n) is 19.5. The van der Waals surface area contributed by atoms with Crippen molar-refractivity contribution in [1.29, 1.82) is 0 Å². The number of aryl methyl sites for hydroxylation is 2. The second-order valence-electron chi connectivity index (χ2n) is 7.75. The number of furan rings is 1. The largest absolute Gasteiger partial charge is 0.465 e. The van der Waals surface area contributed by atoms with E-state index in [1.165, 1.54) is 41.5 Å². The van der Waals surface area contributed by atoms with Gasteiger partial charge in [-0.25, -0.2) is 4.99 Å². The number of carbonyl (C=O) groups excluding carboxylic acids is 2. The molecule has 0 spiro atoms. The second kappa shape index (κ2) is 11.2. The number of nitrogens with one attached hydrogen (secondary N) is 1. The van der Waals surface area contributed by atoms with Crippen LogP contribution < -0.4 is 15.0 Å². The smallest absolute Gasteiger partial charge is 0.387 e. The Labute approximate surface area is 210 Å². The van der Waals surface area contributed by atoms with Crippen molar-refractivity contribution in [2.24, 2.45) is 4.99 Å². The summed E-state index contributed by atoms with van der Waals surface area (Å²) in [5.74, 6) is -0.284. The number of amidine groups is 1. The van der Waals surface area contributed by atoms with Crippen molar-refractivity contribution in [3.8, 4) is 5.75 Å². The number of halogens is 2. The van der Waals surface area contributed by atoms with E-state index >= 15 is 0 Å². The molecule has 3 aromatic rings. The lowest BCUT2D eigenvalue weighted by molar-refractivity contribution is -0.114. The van der Waals surface area contributed by atoms with Gasteiger partial charge in [0.2, 0.25) is 5.91 Å². The van der Waals surface area contributed by atoms with E-state index in [9.17, 15) is 18.4 Å². The van der Waals surface area contributed by atoms with Crippen molar-refractivity contribution in [3.05, 3.63) is 83.4 Å². The molecular formula is C26H23F2N3O4S. The number of anilines is 2. The number of benzene rings is 2. The summed E-state index contributed by atoms with van der Waals surface area (Å²) < 4.78 is 34.7. The van der Waals surface area contributed by atoms with Gasteiger partial charge in [-0.3, -0.25) is 14.5 Å². The Balaban J connectivity index is 1.55. The van der Waals surface area contributed by atoms with Gasteiger partial charge >= 0.3 is 6.61 Å². The van der Waals surface area contributed by atoms with E-state index in [1.807, 2.05) is 32.0 Å². The van der Waals surface area contributed by atoms with Gasteiger partial charge in [0.15, 0.2) is 5.17 Å². The van der Waals surface area contributed by atoms with Crippen LogP contribution in [-0.2, 0) is 16.0 Å². The molecule has 2 aromatic carbocycles. The minimum absolute atomic E-state index is 0.000705. The third-order valence-corrected chi connectivity index (χ3v) is 6.25. The molecule has 0 unspecified atom stereocenters. The van der Waals surface area contributed by atoms with Crippen molar-refractivity contribution >= 4 is 46.2 Å². The average molecular weight is 512 g/mol. The molecule has 0 atom stereocenters. The van der Waals surface area contributed by atoms with Gasteiger partial charge in [-0.15, -0.1) is 0 Å². The number of rotatable bonds is 8. The highest BCUT2D eigenvalue weighted by Crippen LogP contribution is 2.31. The van der Waals surface area contributed by atoms with Crippen LogP contribution in [0.25, 0.3) is 6.08 Å². The molecule has 36 heavy (non-hydrogen) atoms. The maximum Gasteiger partial charge on any atom is 0.387 e. The molecule has 4 rings (SSSR count). The summed E-state index contributed by atoms with van der Waals surface area (Å²) in [5, 5.41) is 3.23. The van der Waals surface area contributed by atoms with Crippen LogP contribution >= 0.6 is 11.8 Å². The molecule has 2 heterocycles. The van der Waals surface area contributed by atoms with Crippen molar-refractivity contribution in [3.63, 3.8) is 0 Å². The van der Waals surface area contributed by atoms with Gasteiger partial charge in [-0.05, 0) is 60.9 Å². The average Bonchev–Trinajstić information content (AvgIpc) is 3.47. The molecular weight excluding hydrogens is 488 g/mol. The number of hydrogen-bond donors (Lipinski definition) is 1. The topological polar surface area (TPSA) is 84.1 Å². The predicted molar refractivity (Wildman–Crippen MR) is 136 cm³/mol. The van der Waals surface area contributed by atoms with E-state index in [1.54, 1.807) is 12.1 Å². The molecule has 0 radical (unpaired) electrons. The van der Waals surface area contributed by atoms with Gasteiger partial charge in [0.05, 0.1) is 17.7 Å². The van der Waals surface area contributed by atoms with Crippen LogP contribution in [0.1, 0.15) is 23.8 Å². The summed E-state index contributed by atoms with van der Waals surface area (Å²) >= 11 is 1.09. The molecule has 0 aliphatic carbocycles. The first-order valence-corrected chi connectivity index (χ1v) is 12.1. The Morgan fingerprint density at radius 2 is 1.97 bits per heavy atom. The summed E-state index contributed by atoms with van der Waals surface area (Å²) in [6.45, 7) is 0.983. The number of alkyl halides is 2. The molecule has 10 heteroatoms. The standard InChI is InChI=1S/C26H23F2N3O4S/c1-3-17-7-4-6-16(2)23(17)30-22(32)15-36-26-29-21(14-20-8-5-13-34-20)24(33)31(26)18-9-11-19(12-10-18)35-25(27)28/h4-14,25H,3,15H2,1-2H3,(H,30,32)/b21-14+. The van der Waals surface area contributed by atoms with Crippen molar-refractivity contribution in [2.45, 2.75) is 26.9 Å². The third-order valence-electron chi connectivity index (χ3n) is 5.31. The van der Waals surface area contributed by atoms with Crippen LogP contribution in [0.5, 0.6) is 5.75 Å². The van der Waals surface area contributed by atoms with Crippen LogP contribution in [-0.4, -0.2) is 29.3 Å². The van der Waals surface area contributed by atoms with Gasteiger partial charge in [-0.1, -0.05) is 36.9 Å². The zero-order chi connectivity index (χ0) is 25.7. The first-order chi connectivity index (χ1) is 17.4. The molecule has 1 aromatic heterocycles. The molecule has 1 aliphatic rings. The molecule has 1 N–H and O–H groups in total. The van der Waals surface area contributed by atoms with Crippen LogP contribution in [0.2, 0.25) is 0 Å². The first-order valence-electron chi connectivity index (χ1n) is 11.1. The minimum Gasteiger partial charge on any atom is -0.465 e. The number of ether oxygens (including phenoxy) is 1. The molecule has 0 saturated heterocycles. The first kappa shape index (κ1) is 25.2. The summed E-state index contributed by atoms with van der Waals surface area (Å²) in [5.41, 5.74) is 3.27. The number of aliphatic imine (C=N–C) groups is 1. The lowest BCUT2D eigenvalue weighted by Crippen LogP contribution is -2.31. The summed E-state index contributed by atoms with van der Waals surface area (Å²) in [4.78, 5) is 31.7. The lowest BCUT2D eigenvalue weighted by atomic mass is 10.1. The van der Waals surface area contributed by atoms with Gasteiger partial charge in [0.1, 0.15) is 17.2 Å². The molecule has 186 valence electrons. The molecule has 0 saturated carbocycles. The Morgan fingerprint density at radius 3 is 2.64 bits per heavy atom. The fourth-order valence-electron chi connectivity index (χ4n) is 3.61. The van der Waals surface area contributed by atoms with Crippen LogP contribution in [0.4, 0.5) is 20.2 Å². The van der Waals surface area contributed by atoms with E-state index < -0.39 is 12.5 Å². The fraction of sp³-hybridized carbons (Fsp3) is 0.192. The number of amides is 2. The maximum absolute atomic E-state index is 13.2. The predicted octanol–water partition coefficient (Wildman–Crippen LogP) is 5.87. The monoisotopic (exact) mass is 511 g/mol. The zero-order valence-corrected chi connectivity index (χ0v) is 20.4. The van der Waals surface area contributed by atoms with Gasteiger partial charge in [-0.2, -0.15) is 8.78 Å². The summed E-state index contributed by atoms with van der Waals surface area (Å²) in [7, 11) is 0. The maximum atomic E-state index is 13.2. The van der Waals surface area contributed by atoms with E-state index in [2.05, 4.69) is 15.0 Å². The summed E-state index contributed by atoms with van der Waals surface area (Å²) in [6.07, 6.45) is 3.74. The molecule has 1 aliphatic heterocycles. The Kier molecular flexibility index (Phi) is 7.84. The van der Waals surface area contributed by atoms with Crippen LogP contribution in [0.15, 0.2) is 76.0 Å². The van der Waals surface area contributed by atoms with Crippen molar-refractivity contribution < 1.29 is 27.5 Å². The normalized spacial score (nSPS) is 14.5. The van der Waals surface area contributed by atoms with Crippen LogP contribution in [0, 0.1) is 6.92 Å². The van der Waals surface area contributed by atoms with Crippen LogP contribution in [0.3, 0.4) is 0 Å². The molecule has 2 amide bonds. The van der Waals surface area contributed by atoms with Gasteiger partial charge in [0.25, 0.3) is 5.91 Å². The second-order valence-corrected chi connectivity index (χ2v) is 8.69.